The third-order valence-electron chi connectivity index (χ3n) is 3.09. The SMILES string of the molecule is CCNC(=O)c1ccc(NC(=S)NC(=O)c2ccccc2Cl)cc1. The lowest BCUT2D eigenvalue weighted by molar-refractivity contribution is 0.0953. The van der Waals surface area contributed by atoms with Gasteiger partial charge in [-0.25, -0.2) is 0 Å². The van der Waals surface area contributed by atoms with Gasteiger partial charge in [0.25, 0.3) is 11.8 Å². The topological polar surface area (TPSA) is 70.2 Å². The largest absolute Gasteiger partial charge is 0.352 e. The number of benzene rings is 2. The molecule has 0 heterocycles. The molecule has 2 rings (SSSR count). The van der Waals surface area contributed by atoms with Gasteiger partial charge >= 0.3 is 0 Å². The lowest BCUT2D eigenvalue weighted by Crippen LogP contribution is -2.34. The van der Waals surface area contributed by atoms with Crippen LogP contribution < -0.4 is 16.0 Å². The third kappa shape index (κ3) is 4.78. The zero-order chi connectivity index (χ0) is 17.5. The quantitative estimate of drug-likeness (QED) is 0.731. The first-order valence-electron chi connectivity index (χ1n) is 7.26. The van der Waals surface area contributed by atoms with Gasteiger partial charge < -0.3 is 10.6 Å². The van der Waals surface area contributed by atoms with Gasteiger partial charge in [-0.15, -0.1) is 0 Å². The molecule has 24 heavy (non-hydrogen) atoms. The number of hydrogen-bond acceptors (Lipinski definition) is 3. The highest BCUT2D eigenvalue weighted by atomic mass is 35.5. The Morgan fingerprint density at radius 2 is 1.71 bits per heavy atom. The maximum absolute atomic E-state index is 12.1. The fourth-order valence-corrected chi connectivity index (χ4v) is 2.38. The molecule has 0 radical (unpaired) electrons. The van der Waals surface area contributed by atoms with Crippen LogP contribution in [-0.4, -0.2) is 23.5 Å². The predicted octanol–water partition coefficient (Wildman–Crippen LogP) is 3.22. The molecule has 0 atom stereocenters. The molecule has 0 spiro atoms. The minimum atomic E-state index is -0.392. The number of rotatable bonds is 4. The van der Waals surface area contributed by atoms with Gasteiger partial charge in [-0.1, -0.05) is 23.7 Å². The van der Waals surface area contributed by atoms with Crippen molar-refractivity contribution in [1.29, 1.82) is 0 Å². The van der Waals surface area contributed by atoms with Crippen molar-refractivity contribution in [2.24, 2.45) is 0 Å². The summed E-state index contributed by atoms with van der Waals surface area (Å²) >= 11 is 11.1. The highest BCUT2D eigenvalue weighted by Gasteiger charge is 2.11. The standard InChI is InChI=1S/C17H16ClN3O2S/c1-2-19-15(22)11-7-9-12(10-8-11)20-17(24)21-16(23)13-5-3-4-6-14(13)18/h3-10H,2H2,1H3,(H,19,22)(H2,20,21,23,24). The Kier molecular flexibility index (Phi) is 6.28. The summed E-state index contributed by atoms with van der Waals surface area (Å²) in [6, 6.07) is 13.5. The Morgan fingerprint density at radius 3 is 2.33 bits per heavy atom. The van der Waals surface area contributed by atoms with Gasteiger partial charge in [-0.3, -0.25) is 14.9 Å². The van der Waals surface area contributed by atoms with Crippen molar-refractivity contribution in [2.45, 2.75) is 6.92 Å². The van der Waals surface area contributed by atoms with E-state index in [4.69, 9.17) is 23.8 Å². The Bertz CT molecular complexity index is 763. The molecule has 0 aliphatic heterocycles. The summed E-state index contributed by atoms with van der Waals surface area (Å²) in [5.74, 6) is -0.532. The number of halogens is 1. The van der Waals surface area contributed by atoms with Crippen LogP contribution in [0.15, 0.2) is 48.5 Å². The molecular weight excluding hydrogens is 346 g/mol. The molecule has 0 unspecified atom stereocenters. The van der Waals surface area contributed by atoms with Crippen molar-refractivity contribution < 1.29 is 9.59 Å². The summed E-state index contributed by atoms with van der Waals surface area (Å²) in [4.78, 5) is 23.8. The monoisotopic (exact) mass is 361 g/mol. The Balaban J connectivity index is 1.96. The molecule has 2 amide bonds. The van der Waals surface area contributed by atoms with Gasteiger partial charge in [-0.05, 0) is 55.5 Å². The molecule has 0 bridgehead atoms. The fraction of sp³-hybridized carbons (Fsp3) is 0.118. The summed E-state index contributed by atoms with van der Waals surface area (Å²) in [5, 5.41) is 8.66. The number of carbonyl (C=O) groups excluding carboxylic acids is 2. The molecule has 0 saturated carbocycles. The van der Waals surface area contributed by atoms with Crippen LogP contribution in [0.3, 0.4) is 0 Å². The number of nitrogens with one attached hydrogen (secondary N) is 3. The molecule has 0 saturated heterocycles. The molecule has 5 nitrogen and oxygen atoms in total. The predicted molar refractivity (Wildman–Crippen MR) is 99.6 cm³/mol. The maximum Gasteiger partial charge on any atom is 0.258 e. The average molecular weight is 362 g/mol. The number of hydrogen-bond donors (Lipinski definition) is 3. The second kappa shape index (κ2) is 8.42. The molecule has 0 aromatic heterocycles. The van der Waals surface area contributed by atoms with E-state index in [-0.39, 0.29) is 11.0 Å². The highest BCUT2D eigenvalue weighted by Crippen LogP contribution is 2.15. The highest BCUT2D eigenvalue weighted by molar-refractivity contribution is 7.80. The van der Waals surface area contributed by atoms with E-state index in [2.05, 4.69) is 16.0 Å². The number of anilines is 1. The van der Waals surface area contributed by atoms with E-state index in [1.54, 1.807) is 48.5 Å². The summed E-state index contributed by atoms with van der Waals surface area (Å²) in [6.45, 7) is 2.42. The fourth-order valence-electron chi connectivity index (χ4n) is 1.95. The number of amides is 2. The number of thiocarbonyl (C=S) groups is 1. The van der Waals surface area contributed by atoms with Crippen LogP contribution in [0.5, 0.6) is 0 Å². The van der Waals surface area contributed by atoms with Gasteiger partial charge in [0.05, 0.1) is 10.6 Å². The van der Waals surface area contributed by atoms with Crippen LogP contribution in [0.2, 0.25) is 5.02 Å². The Labute approximate surface area is 150 Å². The van der Waals surface area contributed by atoms with E-state index in [1.165, 1.54) is 0 Å². The molecule has 0 aliphatic rings. The minimum Gasteiger partial charge on any atom is -0.352 e. The Hall–Kier alpha value is -2.44. The second-order valence-corrected chi connectivity index (χ2v) is 5.64. The van der Waals surface area contributed by atoms with Gasteiger partial charge in [0.15, 0.2) is 5.11 Å². The van der Waals surface area contributed by atoms with Crippen molar-refractivity contribution in [3.8, 4) is 0 Å². The molecule has 124 valence electrons. The normalized spacial score (nSPS) is 9.92. The van der Waals surface area contributed by atoms with Gasteiger partial charge in [0, 0.05) is 17.8 Å². The molecule has 0 aliphatic carbocycles. The van der Waals surface area contributed by atoms with Crippen molar-refractivity contribution in [2.75, 3.05) is 11.9 Å². The first kappa shape index (κ1) is 17.9. The van der Waals surface area contributed by atoms with E-state index >= 15 is 0 Å². The van der Waals surface area contributed by atoms with Crippen LogP contribution >= 0.6 is 23.8 Å². The van der Waals surface area contributed by atoms with Gasteiger partial charge in [-0.2, -0.15) is 0 Å². The van der Waals surface area contributed by atoms with Crippen LogP contribution in [0.4, 0.5) is 5.69 Å². The average Bonchev–Trinajstić information content (AvgIpc) is 2.56. The van der Waals surface area contributed by atoms with E-state index < -0.39 is 5.91 Å². The lowest BCUT2D eigenvalue weighted by Gasteiger charge is -2.11. The van der Waals surface area contributed by atoms with E-state index in [0.717, 1.165) is 0 Å². The Morgan fingerprint density at radius 1 is 1.04 bits per heavy atom. The van der Waals surface area contributed by atoms with E-state index in [1.807, 2.05) is 6.92 Å². The van der Waals surface area contributed by atoms with Crippen molar-refractivity contribution in [3.05, 3.63) is 64.7 Å². The van der Waals surface area contributed by atoms with Gasteiger partial charge in [0.2, 0.25) is 0 Å². The van der Waals surface area contributed by atoms with E-state index in [9.17, 15) is 9.59 Å². The molecule has 2 aromatic rings. The zero-order valence-electron chi connectivity index (χ0n) is 12.9. The maximum atomic E-state index is 12.1. The first-order chi connectivity index (χ1) is 11.5. The summed E-state index contributed by atoms with van der Waals surface area (Å²) in [6.07, 6.45) is 0. The van der Waals surface area contributed by atoms with E-state index in [0.29, 0.717) is 28.4 Å². The molecule has 3 N–H and O–H groups in total. The van der Waals surface area contributed by atoms with Crippen molar-refractivity contribution >= 4 is 46.4 Å². The molecule has 0 fully saturated rings. The van der Waals surface area contributed by atoms with Crippen molar-refractivity contribution in [1.82, 2.24) is 10.6 Å². The second-order valence-electron chi connectivity index (χ2n) is 4.82. The lowest BCUT2D eigenvalue weighted by atomic mass is 10.2. The molecule has 2 aromatic carbocycles. The molecule has 7 heteroatoms. The summed E-state index contributed by atoms with van der Waals surface area (Å²) in [7, 11) is 0. The third-order valence-corrected chi connectivity index (χ3v) is 3.62. The van der Waals surface area contributed by atoms with Crippen LogP contribution in [0, 0.1) is 0 Å². The first-order valence-corrected chi connectivity index (χ1v) is 8.05. The summed E-state index contributed by atoms with van der Waals surface area (Å²) in [5.41, 5.74) is 1.55. The van der Waals surface area contributed by atoms with Crippen molar-refractivity contribution in [3.63, 3.8) is 0 Å². The zero-order valence-corrected chi connectivity index (χ0v) is 14.5. The van der Waals surface area contributed by atoms with Gasteiger partial charge in [0.1, 0.15) is 0 Å². The van der Waals surface area contributed by atoms with Crippen LogP contribution in [0.1, 0.15) is 27.6 Å². The minimum absolute atomic E-state index is 0.140. The number of carbonyl (C=O) groups is 2. The molecular formula is C17H16ClN3O2S. The summed E-state index contributed by atoms with van der Waals surface area (Å²) < 4.78 is 0. The van der Waals surface area contributed by atoms with Crippen LogP contribution in [-0.2, 0) is 0 Å². The smallest absolute Gasteiger partial charge is 0.258 e. The van der Waals surface area contributed by atoms with Crippen LogP contribution in [0.25, 0.3) is 0 Å².